The first-order valence-corrected chi connectivity index (χ1v) is 8.25. The Balaban J connectivity index is 1.64. The highest BCUT2D eigenvalue weighted by Crippen LogP contribution is 2.20. The summed E-state index contributed by atoms with van der Waals surface area (Å²) in [7, 11) is 0. The van der Waals surface area contributed by atoms with Gasteiger partial charge in [0.05, 0.1) is 0 Å². The summed E-state index contributed by atoms with van der Waals surface area (Å²) in [5.74, 6) is 0. The zero-order valence-electron chi connectivity index (χ0n) is 13.7. The lowest BCUT2D eigenvalue weighted by Gasteiger charge is -2.34. The first-order valence-electron chi connectivity index (χ1n) is 8.25. The Kier molecular flexibility index (Phi) is 6.01. The third-order valence-electron chi connectivity index (χ3n) is 4.00. The Morgan fingerprint density at radius 3 is 2.24 bits per heavy atom. The van der Waals surface area contributed by atoms with Gasteiger partial charge in [0.2, 0.25) is 0 Å². The van der Waals surface area contributed by atoms with Crippen LogP contribution in [0.1, 0.15) is 52.0 Å². The van der Waals surface area contributed by atoms with Crippen LogP contribution in [-0.2, 0) is 0 Å². The molecule has 2 rings (SSSR count). The number of hydrogen-bond acceptors (Lipinski definition) is 2. The van der Waals surface area contributed by atoms with E-state index >= 15 is 0 Å². The van der Waals surface area contributed by atoms with E-state index in [1.807, 2.05) is 0 Å². The van der Waals surface area contributed by atoms with E-state index < -0.39 is 0 Å². The number of nitrogens with one attached hydrogen (secondary N) is 2. The minimum absolute atomic E-state index is 0.239. The second kappa shape index (κ2) is 7.77. The topological polar surface area (TPSA) is 24.1 Å². The molecular weight excluding hydrogens is 256 g/mol. The molecule has 1 fully saturated rings. The van der Waals surface area contributed by atoms with Crippen molar-refractivity contribution in [1.82, 2.24) is 10.6 Å². The molecule has 0 spiro atoms. The Morgan fingerprint density at radius 1 is 1.00 bits per heavy atom. The summed E-state index contributed by atoms with van der Waals surface area (Å²) in [5.41, 5.74) is 1.51. The summed E-state index contributed by atoms with van der Waals surface area (Å²) in [6.07, 6.45) is 9.57. The molecule has 1 saturated carbocycles. The SMILES string of the molecule is CC(C)(C)NC1CCC(NC/C=C/c2ccccc2)CC1. The summed E-state index contributed by atoms with van der Waals surface area (Å²) in [5, 5.41) is 7.39. The molecule has 0 saturated heterocycles. The standard InChI is InChI=1S/C19H30N2/c1-19(2,3)21-18-13-11-17(12-14-18)20-15-7-10-16-8-5-4-6-9-16/h4-10,17-18,20-21H,11-15H2,1-3H3/b10-7+. The fraction of sp³-hybridized carbons (Fsp3) is 0.579. The smallest absolute Gasteiger partial charge is 0.0140 e. The summed E-state index contributed by atoms with van der Waals surface area (Å²) in [4.78, 5) is 0. The van der Waals surface area contributed by atoms with E-state index in [4.69, 9.17) is 0 Å². The second-order valence-corrected chi connectivity index (χ2v) is 7.16. The summed E-state index contributed by atoms with van der Waals surface area (Å²) in [6.45, 7) is 7.74. The highest BCUT2D eigenvalue weighted by atomic mass is 15.0. The molecule has 0 aromatic heterocycles. The summed E-state index contributed by atoms with van der Waals surface area (Å²) >= 11 is 0. The van der Waals surface area contributed by atoms with Crippen molar-refractivity contribution in [2.24, 2.45) is 0 Å². The zero-order chi connectivity index (χ0) is 15.1. The molecule has 2 N–H and O–H groups in total. The molecule has 0 amide bonds. The van der Waals surface area contributed by atoms with Gasteiger partial charge in [0, 0.05) is 24.2 Å². The van der Waals surface area contributed by atoms with Gasteiger partial charge < -0.3 is 10.6 Å². The van der Waals surface area contributed by atoms with Gasteiger partial charge in [-0.15, -0.1) is 0 Å². The van der Waals surface area contributed by atoms with Gasteiger partial charge in [0.25, 0.3) is 0 Å². The van der Waals surface area contributed by atoms with Crippen LogP contribution in [0.15, 0.2) is 36.4 Å². The second-order valence-electron chi connectivity index (χ2n) is 7.16. The molecule has 0 heterocycles. The van der Waals surface area contributed by atoms with Crippen molar-refractivity contribution in [2.45, 2.75) is 64.1 Å². The fourth-order valence-electron chi connectivity index (χ4n) is 3.05. The third kappa shape index (κ3) is 6.45. The maximum atomic E-state index is 3.73. The van der Waals surface area contributed by atoms with Crippen molar-refractivity contribution in [1.29, 1.82) is 0 Å². The van der Waals surface area contributed by atoms with E-state index in [2.05, 4.69) is 73.9 Å². The van der Waals surface area contributed by atoms with Crippen LogP contribution in [0.25, 0.3) is 6.08 Å². The normalized spacial score (nSPS) is 23.6. The van der Waals surface area contributed by atoms with Gasteiger partial charge in [-0.05, 0) is 52.0 Å². The molecule has 2 heteroatoms. The van der Waals surface area contributed by atoms with E-state index in [9.17, 15) is 0 Å². The minimum atomic E-state index is 0.239. The van der Waals surface area contributed by atoms with Crippen LogP contribution in [0.4, 0.5) is 0 Å². The maximum absolute atomic E-state index is 3.73. The lowest BCUT2D eigenvalue weighted by Crippen LogP contribution is -2.47. The van der Waals surface area contributed by atoms with Gasteiger partial charge in [-0.1, -0.05) is 42.5 Å². The van der Waals surface area contributed by atoms with Crippen molar-refractivity contribution >= 4 is 6.08 Å². The van der Waals surface area contributed by atoms with Crippen molar-refractivity contribution in [2.75, 3.05) is 6.54 Å². The van der Waals surface area contributed by atoms with E-state index in [1.54, 1.807) is 0 Å². The quantitative estimate of drug-likeness (QED) is 0.855. The lowest BCUT2D eigenvalue weighted by molar-refractivity contribution is 0.265. The van der Waals surface area contributed by atoms with Crippen LogP contribution in [0.5, 0.6) is 0 Å². The fourth-order valence-corrected chi connectivity index (χ4v) is 3.05. The molecule has 1 aromatic carbocycles. The van der Waals surface area contributed by atoms with Crippen molar-refractivity contribution < 1.29 is 0 Å². The largest absolute Gasteiger partial charge is 0.311 e. The molecular formula is C19H30N2. The van der Waals surface area contributed by atoms with Crippen LogP contribution in [0.3, 0.4) is 0 Å². The molecule has 0 radical (unpaired) electrons. The number of benzene rings is 1. The lowest BCUT2D eigenvalue weighted by atomic mass is 9.89. The van der Waals surface area contributed by atoms with E-state index in [-0.39, 0.29) is 5.54 Å². The Morgan fingerprint density at radius 2 is 1.62 bits per heavy atom. The van der Waals surface area contributed by atoms with Gasteiger partial charge >= 0.3 is 0 Å². The van der Waals surface area contributed by atoms with Crippen LogP contribution >= 0.6 is 0 Å². The molecule has 0 atom stereocenters. The maximum Gasteiger partial charge on any atom is 0.0140 e. The molecule has 0 unspecified atom stereocenters. The molecule has 2 nitrogen and oxygen atoms in total. The monoisotopic (exact) mass is 286 g/mol. The van der Waals surface area contributed by atoms with E-state index in [1.165, 1.54) is 31.2 Å². The highest BCUT2D eigenvalue weighted by molar-refractivity contribution is 5.48. The van der Waals surface area contributed by atoms with Gasteiger partial charge in [-0.2, -0.15) is 0 Å². The molecule has 1 aliphatic carbocycles. The van der Waals surface area contributed by atoms with Gasteiger partial charge in [0.1, 0.15) is 0 Å². The predicted molar refractivity (Wildman–Crippen MR) is 92.4 cm³/mol. The predicted octanol–water partition coefficient (Wildman–Crippen LogP) is 3.99. The van der Waals surface area contributed by atoms with Gasteiger partial charge in [-0.25, -0.2) is 0 Å². The minimum Gasteiger partial charge on any atom is -0.311 e. The molecule has 21 heavy (non-hydrogen) atoms. The Labute approximate surface area is 130 Å². The van der Waals surface area contributed by atoms with Crippen molar-refractivity contribution in [3.05, 3.63) is 42.0 Å². The van der Waals surface area contributed by atoms with Gasteiger partial charge in [-0.3, -0.25) is 0 Å². The van der Waals surface area contributed by atoms with E-state index in [0.29, 0.717) is 12.1 Å². The molecule has 1 aliphatic rings. The van der Waals surface area contributed by atoms with Crippen molar-refractivity contribution in [3.8, 4) is 0 Å². The highest BCUT2D eigenvalue weighted by Gasteiger charge is 2.23. The van der Waals surface area contributed by atoms with Gasteiger partial charge in [0.15, 0.2) is 0 Å². The molecule has 1 aromatic rings. The Bertz CT molecular complexity index is 423. The first-order chi connectivity index (χ1) is 10.0. The zero-order valence-corrected chi connectivity index (χ0v) is 13.7. The van der Waals surface area contributed by atoms with E-state index in [0.717, 1.165) is 6.54 Å². The van der Waals surface area contributed by atoms with Crippen LogP contribution in [0, 0.1) is 0 Å². The Hall–Kier alpha value is -1.12. The summed E-state index contributed by atoms with van der Waals surface area (Å²) < 4.78 is 0. The van der Waals surface area contributed by atoms with Crippen LogP contribution < -0.4 is 10.6 Å². The van der Waals surface area contributed by atoms with Crippen molar-refractivity contribution in [3.63, 3.8) is 0 Å². The number of hydrogen-bond donors (Lipinski definition) is 2. The molecule has 0 bridgehead atoms. The first kappa shape index (κ1) is 16.3. The average molecular weight is 286 g/mol. The van der Waals surface area contributed by atoms with Crippen LogP contribution in [-0.4, -0.2) is 24.2 Å². The third-order valence-corrected chi connectivity index (χ3v) is 4.00. The molecule has 0 aliphatic heterocycles. The summed E-state index contributed by atoms with van der Waals surface area (Å²) in [6, 6.07) is 11.9. The number of rotatable bonds is 5. The molecule has 116 valence electrons. The van der Waals surface area contributed by atoms with Crippen LogP contribution in [0.2, 0.25) is 0 Å². The average Bonchev–Trinajstić information content (AvgIpc) is 2.45.